The van der Waals surface area contributed by atoms with E-state index in [-0.39, 0.29) is 23.1 Å². The maximum Gasteiger partial charge on any atom is 0.280 e. The molecular weight excluding hydrogens is 632 g/mol. The van der Waals surface area contributed by atoms with Crippen molar-refractivity contribution in [3.05, 3.63) is 98.8 Å². The summed E-state index contributed by atoms with van der Waals surface area (Å²) in [7, 11) is 0. The van der Waals surface area contributed by atoms with Gasteiger partial charge in [-0.2, -0.15) is 0 Å². The normalized spacial score (nSPS) is 19.1. The lowest BCUT2D eigenvalue weighted by molar-refractivity contribution is -0.0792. The molecule has 0 amide bonds. The summed E-state index contributed by atoms with van der Waals surface area (Å²) >= 11 is 0. The van der Waals surface area contributed by atoms with Crippen molar-refractivity contribution in [3.63, 3.8) is 0 Å². The van der Waals surface area contributed by atoms with E-state index < -0.39 is 0 Å². The molecule has 12 nitrogen and oxygen atoms in total. The molecular formula is C38H44N8O4. The Labute approximate surface area is 290 Å². The first-order valence-corrected chi connectivity index (χ1v) is 17.5. The Morgan fingerprint density at radius 3 is 2.58 bits per heavy atom. The first-order valence-electron chi connectivity index (χ1n) is 17.5. The Morgan fingerprint density at radius 2 is 1.88 bits per heavy atom. The van der Waals surface area contributed by atoms with Gasteiger partial charge in [0.2, 0.25) is 0 Å². The molecule has 0 bridgehead atoms. The van der Waals surface area contributed by atoms with Gasteiger partial charge in [0.25, 0.3) is 11.1 Å². The molecule has 0 saturated carbocycles. The number of hydrogen-bond acceptors (Lipinski definition) is 9. The molecule has 2 N–H and O–H groups in total. The van der Waals surface area contributed by atoms with Gasteiger partial charge in [-0.1, -0.05) is 13.8 Å². The Bertz CT molecular complexity index is 2200. The first-order chi connectivity index (χ1) is 24.1. The summed E-state index contributed by atoms with van der Waals surface area (Å²) in [5.74, 6) is 0.917. The first kappa shape index (κ1) is 32.4. The lowest BCUT2D eigenvalue weighted by atomic mass is 9.90. The van der Waals surface area contributed by atoms with Gasteiger partial charge in [-0.05, 0) is 73.6 Å². The van der Waals surface area contributed by atoms with E-state index in [1.165, 1.54) is 15.8 Å². The third-order valence-electron chi connectivity index (χ3n) is 10.7. The lowest BCUT2D eigenvalue weighted by Crippen LogP contribution is -2.60. The maximum absolute atomic E-state index is 13.9. The van der Waals surface area contributed by atoms with Crippen molar-refractivity contribution in [2.24, 2.45) is 5.41 Å². The highest BCUT2D eigenvalue weighted by Gasteiger charge is 2.34. The monoisotopic (exact) mass is 676 g/mol. The van der Waals surface area contributed by atoms with Crippen LogP contribution in [0.25, 0.3) is 22.5 Å². The topological polar surface area (TPSA) is 122 Å². The molecule has 1 aliphatic carbocycles. The van der Waals surface area contributed by atoms with Crippen LogP contribution in [0.15, 0.2) is 70.9 Å². The quantitative estimate of drug-likeness (QED) is 0.251. The summed E-state index contributed by atoms with van der Waals surface area (Å²) in [5, 5.41) is 14.0. The largest absolute Gasteiger partial charge is 0.392 e. The summed E-state index contributed by atoms with van der Waals surface area (Å²) in [4.78, 5) is 41.5. The average Bonchev–Trinajstić information content (AvgIpc) is 3.58. The zero-order chi connectivity index (χ0) is 34.7. The SMILES string of the molecule is CCn1cc(-c2ccnc(-n3ccn4c5c(cc4c3=O)CC(C)(C)C5)c2CO)cc(Nc2ccc(N3CCN(C4COC4)[C@H](C)C3)cn2)c1=O. The fourth-order valence-corrected chi connectivity index (χ4v) is 8.00. The van der Waals surface area contributed by atoms with Crippen LogP contribution in [0.1, 0.15) is 44.5 Å². The van der Waals surface area contributed by atoms with E-state index in [9.17, 15) is 14.7 Å². The van der Waals surface area contributed by atoms with E-state index in [1.54, 1.807) is 29.2 Å². The van der Waals surface area contributed by atoms with Gasteiger partial charge in [-0.25, -0.2) is 9.97 Å². The van der Waals surface area contributed by atoms with Gasteiger partial charge in [0.1, 0.15) is 22.8 Å². The van der Waals surface area contributed by atoms with Crippen LogP contribution in [0.5, 0.6) is 0 Å². The minimum atomic E-state index is -0.347. The molecule has 2 saturated heterocycles. The van der Waals surface area contributed by atoms with Gasteiger partial charge in [0.15, 0.2) is 0 Å². The van der Waals surface area contributed by atoms with Gasteiger partial charge in [-0.15, -0.1) is 0 Å². The highest BCUT2D eigenvalue weighted by Crippen LogP contribution is 2.37. The van der Waals surface area contributed by atoms with Crippen molar-refractivity contribution in [1.82, 2.24) is 28.4 Å². The average molecular weight is 677 g/mol. The van der Waals surface area contributed by atoms with Crippen LogP contribution in [-0.2, 0) is 30.7 Å². The zero-order valence-corrected chi connectivity index (χ0v) is 29.1. The number of hydrogen-bond donors (Lipinski definition) is 2. The predicted molar refractivity (Wildman–Crippen MR) is 194 cm³/mol. The van der Waals surface area contributed by atoms with Crippen molar-refractivity contribution in [2.45, 2.75) is 65.8 Å². The summed E-state index contributed by atoms with van der Waals surface area (Å²) in [6, 6.07) is 10.5. The number of aliphatic hydroxyl groups is 1. The number of aryl methyl sites for hydroxylation is 1. The molecule has 5 aromatic rings. The van der Waals surface area contributed by atoms with Crippen LogP contribution < -0.4 is 21.3 Å². The van der Waals surface area contributed by atoms with Gasteiger partial charge in [0, 0.05) is 73.8 Å². The van der Waals surface area contributed by atoms with E-state index in [2.05, 4.69) is 45.9 Å². The second kappa shape index (κ2) is 12.5. The van der Waals surface area contributed by atoms with E-state index in [0.29, 0.717) is 58.2 Å². The van der Waals surface area contributed by atoms with Crippen molar-refractivity contribution in [1.29, 1.82) is 0 Å². The number of fused-ring (bicyclic) bond motifs is 3. The fourth-order valence-electron chi connectivity index (χ4n) is 8.00. The molecule has 12 heteroatoms. The van der Waals surface area contributed by atoms with Gasteiger partial charge in [0.05, 0.1) is 37.7 Å². The number of nitrogens with one attached hydrogen (secondary N) is 1. The fraction of sp³-hybridized carbons (Fsp3) is 0.421. The maximum atomic E-state index is 13.9. The highest BCUT2D eigenvalue weighted by molar-refractivity contribution is 5.73. The second-order valence-corrected chi connectivity index (χ2v) is 14.7. The van der Waals surface area contributed by atoms with Crippen molar-refractivity contribution in [2.75, 3.05) is 43.1 Å². The Kier molecular flexibility index (Phi) is 8.12. The van der Waals surface area contributed by atoms with E-state index in [1.807, 2.05) is 48.0 Å². The van der Waals surface area contributed by atoms with E-state index >= 15 is 0 Å². The van der Waals surface area contributed by atoms with Gasteiger partial charge < -0.3 is 29.0 Å². The lowest BCUT2D eigenvalue weighted by Gasteiger charge is -2.47. The number of pyridine rings is 3. The molecule has 3 aliphatic rings. The van der Waals surface area contributed by atoms with E-state index in [0.717, 1.165) is 51.4 Å². The summed E-state index contributed by atoms with van der Waals surface area (Å²) < 4.78 is 10.5. The zero-order valence-electron chi connectivity index (χ0n) is 29.1. The molecule has 50 heavy (non-hydrogen) atoms. The second-order valence-electron chi connectivity index (χ2n) is 14.7. The van der Waals surface area contributed by atoms with Crippen LogP contribution in [0.3, 0.4) is 0 Å². The molecule has 2 aliphatic heterocycles. The third-order valence-corrected chi connectivity index (χ3v) is 10.7. The molecule has 8 rings (SSSR count). The molecule has 0 radical (unpaired) electrons. The highest BCUT2D eigenvalue weighted by atomic mass is 16.5. The molecule has 1 atom stereocenters. The molecule has 5 aromatic heterocycles. The van der Waals surface area contributed by atoms with Crippen LogP contribution in [0, 0.1) is 5.41 Å². The minimum absolute atomic E-state index is 0.170. The minimum Gasteiger partial charge on any atom is -0.392 e. The number of anilines is 3. The Hall–Kier alpha value is -4.78. The standard InChI is InChI=1S/C38H44N8O4/c1-5-42-20-26(14-31(36(42)48)41-34-7-6-27(18-40-34)43-10-11-44(24(2)19-43)28-22-50-23-28)29-8-9-39-35(30(29)21-47)46-13-12-45-32(37(46)49)15-25-16-38(3,4)17-33(25)45/h6-9,12-15,18,20,24,28,47H,5,10-11,16-17,19,21-23H2,1-4H3,(H,40,41)/t24-/m1/s1. The number of ether oxygens (including phenoxy) is 1. The van der Waals surface area contributed by atoms with Crippen molar-refractivity contribution in [3.8, 4) is 16.9 Å². The number of nitrogens with zero attached hydrogens (tertiary/aromatic N) is 7. The van der Waals surface area contributed by atoms with Gasteiger partial charge in [-0.3, -0.25) is 19.1 Å². The molecule has 7 heterocycles. The summed E-state index contributed by atoms with van der Waals surface area (Å²) in [6.07, 6.45) is 10.7. The van der Waals surface area contributed by atoms with Crippen LogP contribution in [-0.4, -0.2) is 78.4 Å². The molecule has 0 aromatic carbocycles. The summed E-state index contributed by atoms with van der Waals surface area (Å²) in [6.45, 7) is 13.2. The van der Waals surface area contributed by atoms with Crippen molar-refractivity contribution >= 4 is 22.7 Å². The van der Waals surface area contributed by atoms with Crippen LogP contribution in [0.4, 0.5) is 17.2 Å². The third kappa shape index (κ3) is 5.61. The van der Waals surface area contributed by atoms with Gasteiger partial charge >= 0.3 is 0 Å². The Balaban J connectivity index is 1.09. The van der Waals surface area contributed by atoms with Crippen molar-refractivity contribution < 1.29 is 9.84 Å². The molecule has 0 unspecified atom stereocenters. The number of aliphatic hydroxyl groups excluding tert-OH is 1. The molecule has 0 spiro atoms. The number of aromatic nitrogens is 5. The van der Waals surface area contributed by atoms with Crippen LogP contribution >= 0.6 is 0 Å². The predicted octanol–water partition coefficient (Wildman–Crippen LogP) is 4.00. The Morgan fingerprint density at radius 1 is 1.04 bits per heavy atom. The smallest absolute Gasteiger partial charge is 0.280 e. The summed E-state index contributed by atoms with van der Waals surface area (Å²) in [5.41, 5.74) is 6.05. The van der Waals surface area contributed by atoms with Crippen LogP contribution in [0.2, 0.25) is 0 Å². The van der Waals surface area contributed by atoms with E-state index in [4.69, 9.17) is 4.74 Å². The molecule has 2 fully saturated rings. The molecule has 260 valence electrons. The number of piperazine rings is 1. The number of rotatable bonds is 8.